The highest BCUT2D eigenvalue weighted by Crippen LogP contribution is 2.06. The lowest BCUT2D eigenvalue weighted by molar-refractivity contribution is -0.118. The zero-order valence-corrected chi connectivity index (χ0v) is 10.7. The van der Waals surface area contributed by atoms with Gasteiger partial charge in [0.1, 0.15) is 0 Å². The quantitative estimate of drug-likeness (QED) is 0.619. The molecule has 3 nitrogen and oxygen atoms in total. The molecule has 0 aliphatic carbocycles. The van der Waals surface area contributed by atoms with E-state index in [1.54, 1.807) is 0 Å². The number of hydrogen-bond donors (Lipinski definition) is 2. The fraction of sp³-hybridized carbons (Fsp3) is 0.364. The fourth-order valence-electron chi connectivity index (χ4n) is 1.22. The van der Waals surface area contributed by atoms with Gasteiger partial charge in [0.15, 0.2) is 0 Å². The van der Waals surface area contributed by atoms with Gasteiger partial charge in [-0.2, -0.15) is 0 Å². The van der Waals surface area contributed by atoms with Crippen LogP contribution in [0.2, 0.25) is 0 Å². The maximum atomic E-state index is 10.5. The standard InChI is InChI=1S/C11H15IN2O/c12-10-5-3-9(4-6-10)8-14-7-1-2-11(13)15/h3-6,14H,1-2,7-8H2,(H2,13,15). The van der Waals surface area contributed by atoms with Gasteiger partial charge in [-0.15, -0.1) is 0 Å². The molecule has 0 bridgehead atoms. The average Bonchev–Trinajstić information content (AvgIpc) is 2.20. The number of rotatable bonds is 6. The SMILES string of the molecule is NC(=O)CCCNCc1ccc(I)cc1. The van der Waals surface area contributed by atoms with Crippen molar-refractivity contribution in [2.45, 2.75) is 19.4 Å². The summed E-state index contributed by atoms with van der Waals surface area (Å²) in [5, 5.41) is 3.27. The second kappa shape index (κ2) is 6.79. The van der Waals surface area contributed by atoms with E-state index in [1.807, 2.05) is 0 Å². The Morgan fingerprint density at radius 3 is 2.60 bits per heavy atom. The van der Waals surface area contributed by atoms with E-state index in [0.717, 1.165) is 19.5 Å². The lowest BCUT2D eigenvalue weighted by Gasteiger charge is -2.03. The van der Waals surface area contributed by atoms with Crippen LogP contribution in [0, 0.1) is 3.57 Å². The Bertz CT molecular complexity index is 311. The van der Waals surface area contributed by atoms with Gasteiger partial charge in [-0.25, -0.2) is 0 Å². The lowest BCUT2D eigenvalue weighted by atomic mass is 10.2. The number of halogens is 1. The Hall–Kier alpha value is -0.620. The number of primary amides is 1. The number of amides is 1. The van der Waals surface area contributed by atoms with Crippen LogP contribution in [0.1, 0.15) is 18.4 Å². The highest BCUT2D eigenvalue weighted by atomic mass is 127. The van der Waals surface area contributed by atoms with E-state index < -0.39 is 0 Å². The van der Waals surface area contributed by atoms with Gasteiger partial charge in [-0.1, -0.05) is 12.1 Å². The third-order valence-electron chi connectivity index (χ3n) is 2.02. The van der Waals surface area contributed by atoms with Crippen molar-refractivity contribution in [1.29, 1.82) is 0 Å². The minimum atomic E-state index is -0.230. The average molecular weight is 318 g/mol. The molecule has 0 aliphatic rings. The second-order valence-electron chi connectivity index (χ2n) is 3.37. The number of hydrogen-bond acceptors (Lipinski definition) is 2. The molecule has 4 heteroatoms. The van der Waals surface area contributed by atoms with Crippen LogP contribution >= 0.6 is 22.6 Å². The van der Waals surface area contributed by atoms with E-state index in [9.17, 15) is 4.79 Å². The van der Waals surface area contributed by atoms with Crippen molar-refractivity contribution in [3.63, 3.8) is 0 Å². The number of carbonyl (C=O) groups excluding carboxylic acids is 1. The normalized spacial score (nSPS) is 10.2. The molecule has 0 unspecified atom stereocenters. The van der Waals surface area contributed by atoms with Crippen molar-refractivity contribution in [3.8, 4) is 0 Å². The second-order valence-corrected chi connectivity index (χ2v) is 4.62. The molecular weight excluding hydrogens is 303 g/mol. The van der Waals surface area contributed by atoms with E-state index in [0.29, 0.717) is 6.42 Å². The van der Waals surface area contributed by atoms with E-state index in [4.69, 9.17) is 5.73 Å². The van der Waals surface area contributed by atoms with Crippen LogP contribution in [0.3, 0.4) is 0 Å². The zero-order chi connectivity index (χ0) is 11.1. The van der Waals surface area contributed by atoms with Gasteiger partial charge in [0.05, 0.1) is 0 Å². The Balaban J connectivity index is 2.15. The van der Waals surface area contributed by atoms with E-state index >= 15 is 0 Å². The Morgan fingerprint density at radius 2 is 2.00 bits per heavy atom. The maximum Gasteiger partial charge on any atom is 0.217 e. The fourth-order valence-corrected chi connectivity index (χ4v) is 1.58. The molecule has 0 spiro atoms. The topological polar surface area (TPSA) is 55.1 Å². The van der Waals surface area contributed by atoms with Gasteiger partial charge in [-0.3, -0.25) is 4.79 Å². The van der Waals surface area contributed by atoms with Crippen molar-refractivity contribution >= 4 is 28.5 Å². The van der Waals surface area contributed by atoms with E-state index in [1.165, 1.54) is 9.13 Å². The van der Waals surface area contributed by atoms with Crippen LogP contribution in [0.5, 0.6) is 0 Å². The molecule has 1 aromatic carbocycles. The van der Waals surface area contributed by atoms with Gasteiger partial charge in [0.2, 0.25) is 5.91 Å². The van der Waals surface area contributed by atoms with Crippen LogP contribution < -0.4 is 11.1 Å². The largest absolute Gasteiger partial charge is 0.370 e. The monoisotopic (exact) mass is 318 g/mol. The first kappa shape index (κ1) is 12.4. The van der Waals surface area contributed by atoms with E-state index in [-0.39, 0.29) is 5.91 Å². The molecule has 0 aliphatic heterocycles. The summed E-state index contributed by atoms with van der Waals surface area (Å²) in [6.45, 7) is 1.67. The molecule has 82 valence electrons. The summed E-state index contributed by atoms with van der Waals surface area (Å²) in [6.07, 6.45) is 1.26. The summed E-state index contributed by atoms with van der Waals surface area (Å²) >= 11 is 2.28. The maximum absolute atomic E-state index is 10.5. The lowest BCUT2D eigenvalue weighted by Crippen LogP contribution is -2.18. The van der Waals surface area contributed by atoms with Crippen molar-refractivity contribution < 1.29 is 4.79 Å². The van der Waals surface area contributed by atoms with Crippen LogP contribution in [0.15, 0.2) is 24.3 Å². The summed E-state index contributed by atoms with van der Waals surface area (Å²) in [5.74, 6) is -0.230. The van der Waals surface area contributed by atoms with Gasteiger partial charge in [-0.05, 0) is 53.3 Å². The van der Waals surface area contributed by atoms with Gasteiger partial charge in [0.25, 0.3) is 0 Å². The third kappa shape index (κ3) is 5.74. The van der Waals surface area contributed by atoms with Crippen LogP contribution in [0.25, 0.3) is 0 Å². The smallest absolute Gasteiger partial charge is 0.217 e. The molecule has 0 saturated heterocycles. The molecule has 15 heavy (non-hydrogen) atoms. The molecule has 1 aromatic rings. The Labute approximate surface area is 104 Å². The summed E-state index contributed by atoms with van der Waals surface area (Å²) in [7, 11) is 0. The molecule has 3 N–H and O–H groups in total. The number of nitrogens with one attached hydrogen (secondary N) is 1. The van der Waals surface area contributed by atoms with Gasteiger partial charge < -0.3 is 11.1 Å². The summed E-state index contributed by atoms with van der Waals surface area (Å²) in [5.41, 5.74) is 6.29. The van der Waals surface area contributed by atoms with Crippen LogP contribution in [-0.2, 0) is 11.3 Å². The predicted molar refractivity (Wildman–Crippen MR) is 69.3 cm³/mol. The first-order valence-electron chi connectivity index (χ1n) is 4.92. The Kier molecular flexibility index (Phi) is 5.63. The van der Waals surface area contributed by atoms with Crippen LogP contribution in [0.4, 0.5) is 0 Å². The molecule has 1 amide bonds. The van der Waals surface area contributed by atoms with Crippen LogP contribution in [-0.4, -0.2) is 12.5 Å². The first-order valence-corrected chi connectivity index (χ1v) is 6.00. The molecular formula is C11H15IN2O. The van der Waals surface area contributed by atoms with Crippen molar-refractivity contribution in [3.05, 3.63) is 33.4 Å². The number of benzene rings is 1. The summed E-state index contributed by atoms with van der Waals surface area (Å²) in [4.78, 5) is 10.5. The molecule has 0 fully saturated rings. The van der Waals surface area contributed by atoms with Crippen molar-refractivity contribution in [1.82, 2.24) is 5.32 Å². The molecule has 0 atom stereocenters. The number of carbonyl (C=O) groups is 1. The zero-order valence-electron chi connectivity index (χ0n) is 8.50. The molecule has 0 heterocycles. The minimum absolute atomic E-state index is 0.230. The highest BCUT2D eigenvalue weighted by molar-refractivity contribution is 14.1. The first-order chi connectivity index (χ1) is 7.18. The highest BCUT2D eigenvalue weighted by Gasteiger charge is 1.95. The van der Waals surface area contributed by atoms with Gasteiger partial charge in [0, 0.05) is 16.5 Å². The molecule has 0 aromatic heterocycles. The van der Waals surface area contributed by atoms with Gasteiger partial charge >= 0.3 is 0 Å². The predicted octanol–water partition coefficient (Wildman–Crippen LogP) is 1.65. The third-order valence-corrected chi connectivity index (χ3v) is 2.74. The molecule has 0 saturated carbocycles. The summed E-state index contributed by atoms with van der Waals surface area (Å²) in [6, 6.07) is 8.37. The summed E-state index contributed by atoms with van der Waals surface area (Å²) < 4.78 is 1.24. The van der Waals surface area contributed by atoms with E-state index in [2.05, 4.69) is 52.2 Å². The molecule has 0 radical (unpaired) electrons. The van der Waals surface area contributed by atoms with Crippen molar-refractivity contribution in [2.75, 3.05) is 6.54 Å². The Morgan fingerprint density at radius 1 is 1.33 bits per heavy atom. The number of nitrogens with two attached hydrogens (primary N) is 1. The van der Waals surface area contributed by atoms with Crippen molar-refractivity contribution in [2.24, 2.45) is 5.73 Å². The molecule has 1 rings (SSSR count). The minimum Gasteiger partial charge on any atom is -0.370 e.